The van der Waals surface area contributed by atoms with Gasteiger partial charge in [-0.3, -0.25) is 9.36 Å². The summed E-state index contributed by atoms with van der Waals surface area (Å²) in [4.78, 5) is 25.4. The van der Waals surface area contributed by atoms with Crippen LogP contribution in [0, 0.1) is 0 Å². The first-order chi connectivity index (χ1) is 30.5. The lowest BCUT2D eigenvalue weighted by Gasteiger charge is -2.29. The molecule has 0 radical (unpaired) electrons. The molecule has 0 aromatic rings. The molecule has 374 valence electrons. The molecule has 0 spiro atoms. The van der Waals surface area contributed by atoms with Crippen molar-refractivity contribution >= 4 is 13.7 Å². The van der Waals surface area contributed by atoms with E-state index in [0.717, 1.165) is 38.5 Å². The van der Waals surface area contributed by atoms with Crippen molar-refractivity contribution in [1.29, 1.82) is 0 Å². The lowest BCUT2D eigenvalue weighted by atomic mass is 10.0. The zero-order valence-corrected chi connectivity index (χ0v) is 43.4. The van der Waals surface area contributed by atoms with Crippen molar-refractivity contribution in [3.63, 3.8) is 0 Å². The molecule has 0 aromatic carbocycles. The fraction of sp³-hybridized carbons (Fsp3) is 0.907. The van der Waals surface area contributed by atoms with Crippen LogP contribution < -0.4 is 10.2 Å². The average molecular weight is 911 g/mol. The summed E-state index contributed by atoms with van der Waals surface area (Å²) in [5.74, 6) is -0.203. The van der Waals surface area contributed by atoms with Gasteiger partial charge in [-0.15, -0.1) is 0 Å². The highest BCUT2D eigenvalue weighted by Crippen LogP contribution is 2.38. The van der Waals surface area contributed by atoms with Crippen molar-refractivity contribution in [1.82, 2.24) is 5.32 Å². The van der Waals surface area contributed by atoms with Gasteiger partial charge >= 0.3 is 0 Å². The van der Waals surface area contributed by atoms with Crippen LogP contribution in [0.4, 0.5) is 0 Å². The van der Waals surface area contributed by atoms with Crippen LogP contribution in [0.25, 0.3) is 0 Å². The molecule has 3 atom stereocenters. The predicted octanol–water partition coefficient (Wildman–Crippen LogP) is 15.4. The molecule has 3 unspecified atom stereocenters. The molecule has 0 aliphatic rings. The fourth-order valence-electron chi connectivity index (χ4n) is 8.11. The number of likely N-dealkylation sites (N-methyl/N-ethyl adjacent to an activating group) is 1. The van der Waals surface area contributed by atoms with Gasteiger partial charge in [0.2, 0.25) is 5.91 Å². The summed E-state index contributed by atoms with van der Waals surface area (Å²) < 4.78 is 23.2. The lowest BCUT2D eigenvalue weighted by Crippen LogP contribution is -2.45. The number of phosphoric ester groups is 1. The highest BCUT2D eigenvalue weighted by atomic mass is 31.2. The number of hydrogen-bond donors (Lipinski definition) is 2. The number of carbonyl (C=O) groups excluding carboxylic acids is 1. The van der Waals surface area contributed by atoms with Crippen molar-refractivity contribution < 1.29 is 32.9 Å². The van der Waals surface area contributed by atoms with Gasteiger partial charge < -0.3 is 28.8 Å². The van der Waals surface area contributed by atoms with Gasteiger partial charge in [0.25, 0.3) is 7.82 Å². The van der Waals surface area contributed by atoms with Gasteiger partial charge in [-0.05, 0) is 32.1 Å². The minimum absolute atomic E-state index is 0.00408. The molecule has 2 N–H and O–H groups in total. The lowest BCUT2D eigenvalue weighted by molar-refractivity contribution is -0.870. The zero-order valence-electron chi connectivity index (χ0n) is 42.5. The zero-order chi connectivity index (χ0) is 46.4. The second-order valence-corrected chi connectivity index (χ2v) is 21.3. The van der Waals surface area contributed by atoms with E-state index in [2.05, 4.69) is 31.3 Å². The number of hydrogen-bond acceptors (Lipinski definition) is 6. The summed E-state index contributed by atoms with van der Waals surface area (Å²) in [6, 6.07) is -0.898. The van der Waals surface area contributed by atoms with Gasteiger partial charge in [-0.1, -0.05) is 250 Å². The summed E-state index contributed by atoms with van der Waals surface area (Å²) in [6.45, 7) is 4.64. The monoisotopic (exact) mass is 911 g/mol. The number of aliphatic hydroxyl groups excluding tert-OH is 1. The van der Waals surface area contributed by atoms with E-state index in [9.17, 15) is 19.4 Å². The number of phosphoric acid groups is 1. The third-order valence-corrected chi connectivity index (χ3v) is 13.4. The van der Waals surface area contributed by atoms with Crippen LogP contribution in [-0.4, -0.2) is 68.5 Å². The van der Waals surface area contributed by atoms with Crippen LogP contribution in [0.5, 0.6) is 0 Å². The Morgan fingerprint density at radius 3 is 1.29 bits per heavy atom. The standard InChI is InChI=1S/C54H107N2O6P/c1-6-8-10-12-14-16-18-20-21-22-23-24-25-26-27-28-29-30-31-32-33-34-36-38-40-42-44-46-48-54(58)55-52(51-62-63(59,60)61-50-49-56(3,4)5)53(57)47-45-43-41-39-37-35-19-17-15-13-11-9-7-2/h37,39,45,47,52-53,57H,6-36,38,40-44,46,48-51H2,1-5H3,(H-,55,58,59,60)/b39-37+,47-45+. The number of allylic oxidation sites excluding steroid dienone is 3. The molecular weight excluding hydrogens is 804 g/mol. The Hall–Kier alpha value is -1.02. The van der Waals surface area contributed by atoms with Crippen LogP contribution in [-0.2, 0) is 18.4 Å². The SMILES string of the molecule is CCCCCCCCC/C=C/CC/C=C/C(O)C(COP(=O)([O-])OCC[N+](C)(C)C)NC(=O)CCCCCCCCCCCCCCCCCCCCCCCCCCCCCC. The van der Waals surface area contributed by atoms with E-state index in [-0.39, 0.29) is 19.1 Å². The first-order valence-corrected chi connectivity index (χ1v) is 28.7. The minimum Gasteiger partial charge on any atom is -0.756 e. The molecular formula is C54H107N2O6P. The normalized spacial score (nSPS) is 14.2. The van der Waals surface area contributed by atoms with Crippen molar-refractivity contribution in [3.05, 3.63) is 24.3 Å². The number of rotatable bonds is 50. The van der Waals surface area contributed by atoms with Crippen molar-refractivity contribution in [3.8, 4) is 0 Å². The largest absolute Gasteiger partial charge is 0.756 e. The molecule has 1 amide bonds. The smallest absolute Gasteiger partial charge is 0.268 e. The third kappa shape index (κ3) is 48.7. The van der Waals surface area contributed by atoms with E-state index >= 15 is 0 Å². The molecule has 63 heavy (non-hydrogen) atoms. The number of quaternary nitrogens is 1. The van der Waals surface area contributed by atoms with Gasteiger partial charge in [-0.25, -0.2) is 0 Å². The highest BCUT2D eigenvalue weighted by Gasteiger charge is 2.23. The quantitative estimate of drug-likeness (QED) is 0.0272. The molecule has 0 heterocycles. The molecule has 0 aliphatic heterocycles. The van der Waals surface area contributed by atoms with Gasteiger partial charge in [0.1, 0.15) is 13.2 Å². The Morgan fingerprint density at radius 2 is 0.889 bits per heavy atom. The Labute approximate surface area is 392 Å². The molecule has 8 nitrogen and oxygen atoms in total. The maximum Gasteiger partial charge on any atom is 0.268 e. The van der Waals surface area contributed by atoms with Gasteiger partial charge in [0, 0.05) is 6.42 Å². The summed E-state index contributed by atoms with van der Waals surface area (Å²) in [5, 5.41) is 13.8. The molecule has 0 aliphatic carbocycles. The molecule has 0 saturated heterocycles. The summed E-state index contributed by atoms with van der Waals surface area (Å²) >= 11 is 0. The third-order valence-electron chi connectivity index (χ3n) is 12.4. The maximum absolute atomic E-state index is 12.9. The second-order valence-electron chi connectivity index (χ2n) is 19.9. The van der Waals surface area contributed by atoms with E-state index < -0.39 is 20.0 Å². The topological polar surface area (TPSA) is 108 Å². The van der Waals surface area contributed by atoms with Crippen LogP contribution in [0.1, 0.15) is 264 Å². The fourth-order valence-corrected chi connectivity index (χ4v) is 8.84. The molecule has 0 saturated carbocycles. The molecule has 0 fully saturated rings. The minimum atomic E-state index is -4.59. The van der Waals surface area contributed by atoms with Crippen molar-refractivity contribution in [2.45, 2.75) is 276 Å². The average Bonchev–Trinajstić information content (AvgIpc) is 3.24. The predicted molar refractivity (Wildman–Crippen MR) is 270 cm³/mol. The summed E-state index contributed by atoms with van der Waals surface area (Å²) in [5.41, 5.74) is 0. The molecule has 0 aromatic heterocycles. The van der Waals surface area contributed by atoms with E-state index in [1.165, 1.54) is 205 Å². The van der Waals surface area contributed by atoms with Gasteiger partial charge in [0.05, 0.1) is 39.9 Å². The number of nitrogens with zero attached hydrogens (tertiary/aromatic N) is 1. The van der Waals surface area contributed by atoms with E-state index in [1.54, 1.807) is 6.08 Å². The van der Waals surface area contributed by atoms with E-state index in [4.69, 9.17) is 9.05 Å². The Bertz CT molecular complexity index is 1080. The summed E-state index contributed by atoms with van der Waals surface area (Å²) in [6.07, 6.45) is 56.9. The van der Waals surface area contributed by atoms with Gasteiger partial charge in [0.15, 0.2) is 0 Å². The molecule has 0 rings (SSSR count). The maximum atomic E-state index is 12.9. The van der Waals surface area contributed by atoms with Crippen LogP contribution in [0.15, 0.2) is 24.3 Å². The summed E-state index contributed by atoms with van der Waals surface area (Å²) in [7, 11) is 1.25. The molecule has 9 heteroatoms. The second kappa shape index (κ2) is 46.1. The Kier molecular flexibility index (Phi) is 45.4. The van der Waals surface area contributed by atoms with Crippen LogP contribution in [0.2, 0.25) is 0 Å². The van der Waals surface area contributed by atoms with Crippen LogP contribution >= 0.6 is 7.82 Å². The van der Waals surface area contributed by atoms with Crippen LogP contribution in [0.3, 0.4) is 0 Å². The number of nitrogens with one attached hydrogen (secondary N) is 1. The molecule has 0 bridgehead atoms. The highest BCUT2D eigenvalue weighted by molar-refractivity contribution is 7.45. The number of aliphatic hydroxyl groups is 1. The first-order valence-electron chi connectivity index (χ1n) is 27.2. The van der Waals surface area contributed by atoms with Crippen molar-refractivity contribution in [2.75, 3.05) is 40.9 Å². The Morgan fingerprint density at radius 1 is 0.540 bits per heavy atom. The number of carbonyl (C=O) groups is 1. The number of amides is 1. The Balaban J connectivity index is 4.09. The number of unbranched alkanes of at least 4 members (excludes halogenated alkanes) is 35. The van der Waals surface area contributed by atoms with E-state index in [1.807, 2.05) is 27.2 Å². The van der Waals surface area contributed by atoms with Gasteiger partial charge in [-0.2, -0.15) is 0 Å². The first kappa shape index (κ1) is 62.0. The van der Waals surface area contributed by atoms with Crippen molar-refractivity contribution in [2.24, 2.45) is 0 Å². The van der Waals surface area contributed by atoms with E-state index in [0.29, 0.717) is 17.4 Å².